The van der Waals surface area contributed by atoms with E-state index in [1.807, 2.05) is 65.0 Å². The molecule has 0 atom stereocenters. The summed E-state index contributed by atoms with van der Waals surface area (Å²) in [4.78, 5) is 24.4. The lowest BCUT2D eigenvalue weighted by Gasteiger charge is -2.41. The summed E-state index contributed by atoms with van der Waals surface area (Å²) >= 11 is 0. The van der Waals surface area contributed by atoms with Gasteiger partial charge in [-0.05, 0) is 30.0 Å². The van der Waals surface area contributed by atoms with Gasteiger partial charge in [0.05, 0.1) is 25.7 Å². The minimum atomic E-state index is -0.273. The average molecular weight is 468 g/mol. The van der Waals surface area contributed by atoms with Crippen LogP contribution in [0.2, 0.25) is 0 Å². The van der Waals surface area contributed by atoms with Crippen molar-refractivity contribution in [3.8, 4) is 22.6 Å². The largest absolute Gasteiger partial charge is 0.493 e. The number of amides is 1. The zero-order valence-corrected chi connectivity index (χ0v) is 21.2. The van der Waals surface area contributed by atoms with Crippen LogP contribution in [-0.4, -0.2) is 45.2 Å². The highest BCUT2D eigenvalue weighted by Crippen LogP contribution is 2.44. The molecule has 0 radical (unpaired) electrons. The molecule has 0 aromatic heterocycles. The van der Waals surface area contributed by atoms with Crippen LogP contribution >= 0.6 is 0 Å². The zero-order chi connectivity index (χ0) is 24.9. The number of benzene rings is 2. The van der Waals surface area contributed by atoms with Crippen LogP contribution in [0.5, 0.6) is 11.5 Å². The van der Waals surface area contributed by atoms with Crippen LogP contribution in [0.4, 0.5) is 0 Å². The number of hydrogen-bond acceptors (Lipinski definition) is 5. The highest BCUT2D eigenvalue weighted by molar-refractivity contribution is 6.02. The molecule has 0 spiro atoms. The molecule has 2 aromatic rings. The van der Waals surface area contributed by atoms with Gasteiger partial charge < -0.3 is 19.5 Å². The molecule has 1 aliphatic heterocycles. The molecule has 1 heterocycles. The average Bonchev–Trinajstić information content (AvgIpc) is 3.20. The first-order valence-electron chi connectivity index (χ1n) is 12.2. The molecule has 0 bridgehead atoms. The molecule has 1 N–H and O–H groups in total. The van der Waals surface area contributed by atoms with Gasteiger partial charge in [0.15, 0.2) is 17.3 Å². The van der Waals surface area contributed by atoms with Gasteiger partial charge in [-0.15, -0.1) is 0 Å². The first kappa shape index (κ1) is 25.8. The highest BCUT2D eigenvalue weighted by Gasteiger charge is 2.40. The second kappa shape index (κ2) is 11.0. The van der Waals surface area contributed by atoms with E-state index in [9.17, 15) is 9.59 Å². The highest BCUT2D eigenvalue weighted by atomic mass is 16.5. The van der Waals surface area contributed by atoms with Crippen molar-refractivity contribution >= 4 is 11.7 Å². The van der Waals surface area contributed by atoms with Crippen molar-refractivity contribution in [2.45, 2.75) is 47.5 Å². The summed E-state index contributed by atoms with van der Waals surface area (Å²) < 4.78 is 17.7. The molecule has 1 saturated heterocycles. The molecule has 0 saturated carbocycles. The fraction of sp³-hybridized carbons (Fsp3) is 0.500. The minimum absolute atomic E-state index is 0.0228. The van der Waals surface area contributed by atoms with Crippen LogP contribution in [0.1, 0.15) is 55.6 Å². The van der Waals surface area contributed by atoms with Gasteiger partial charge >= 0.3 is 0 Å². The Morgan fingerprint density at radius 2 is 1.76 bits per heavy atom. The van der Waals surface area contributed by atoms with Crippen LogP contribution in [0, 0.1) is 18.3 Å². The van der Waals surface area contributed by atoms with Crippen molar-refractivity contribution in [1.82, 2.24) is 5.32 Å². The number of ether oxygens (including phenoxy) is 3. The summed E-state index contributed by atoms with van der Waals surface area (Å²) in [5, 5.41) is 3.02. The molecule has 4 rings (SSSR count). The lowest BCUT2D eigenvalue weighted by molar-refractivity contribution is -0.139. The van der Waals surface area contributed by atoms with Crippen molar-refractivity contribution < 1.29 is 23.8 Å². The molecular weight excluding hydrogens is 430 g/mol. The smallest absolute Gasteiger partial charge is 0.222 e. The summed E-state index contributed by atoms with van der Waals surface area (Å²) in [6.07, 6.45) is 1.28. The van der Waals surface area contributed by atoms with Gasteiger partial charge in [-0.2, -0.15) is 0 Å². The Bertz CT molecular complexity index is 1040. The number of methoxy groups -OCH3 is 1. The van der Waals surface area contributed by atoms with Gasteiger partial charge in [0.25, 0.3) is 0 Å². The second-order valence-corrected chi connectivity index (χ2v) is 9.20. The molecule has 6 heteroatoms. The normalized spacial score (nSPS) is 15.7. The molecule has 2 aliphatic rings. The van der Waals surface area contributed by atoms with E-state index in [1.165, 1.54) is 0 Å². The number of aryl methyl sites for hydroxylation is 1. The van der Waals surface area contributed by atoms with Crippen LogP contribution < -0.4 is 14.8 Å². The van der Waals surface area contributed by atoms with Crippen LogP contribution in [0.15, 0.2) is 30.3 Å². The topological polar surface area (TPSA) is 73.9 Å². The summed E-state index contributed by atoms with van der Waals surface area (Å²) in [5.74, 6) is 1.50. The fourth-order valence-electron chi connectivity index (χ4n) is 4.34. The third kappa shape index (κ3) is 5.12. The maximum absolute atomic E-state index is 12.3. The number of Topliss-reactive ketones (excluding diaryl/α,β-unsaturated/α-hetero) is 1. The van der Waals surface area contributed by atoms with Gasteiger partial charge in [0.2, 0.25) is 5.91 Å². The number of ketones is 1. The standard InChI is InChI=1S/C26H31NO5.C2H6/c1-16(2)25(29)27-12-26(13-31-14-26)15-32-24-21(9-8-17(3)23(24)30-4)18-6-5-7-20-19(18)10-11-22(20)28;1-2/h5-9,16H,10-15H2,1-4H3,(H,27,29);1-2H3. The van der Waals surface area contributed by atoms with E-state index < -0.39 is 0 Å². The van der Waals surface area contributed by atoms with Crippen molar-refractivity contribution in [3.05, 3.63) is 47.0 Å². The van der Waals surface area contributed by atoms with E-state index in [0.29, 0.717) is 44.3 Å². The quantitative estimate of drug-likeness (QED) is 0.592. The molecular formula is C28H37NO5. The Labute approximate surface area is 203 Å². The molecule has 0 unspecified atom stereocenters. The SMILES string of the molecule is CC.COc1c(C)ccc(-c2cccc3c2CCC3=O)c1OCC1(CNC(=O)C(C)C)COC1. The molecule has 34 heavy (non-hydrogen) atoms. The molecule has 1 fully saturated rings. The van der Waals surface area contributed by atoms with Gasteiger partial charge in [-0.1, -0.05) is 58.0 Å². The van der Waals surface area contributed by atoms with E-state index in [0.717, 1.165) is 34.2 Å². The van der Waals surface area contributed by atoms with Crippen molar-refractivity contribution in [2.75, 3.05) is 33.5 Å². The van der Waals surface area contributed by atoms with Gasteiger partial charge in [-0.25, -0.2) is 0 Å². The number of nitrogens with one attached hydrogen (secondary N) is 1. The molecule has 2 aromatic carbocycles. The zero-order valence-electron chi connectivity index (χ0n) is 21.2. The molecule has 184 valence electrons. The van der Waals surface area contributed by atoms with Crippen molar-refractivity contribution in [3.63, 3.8) is 0 Å². The van der Waals surface area contributed by atoms with Crippen LogP contribution in [0.3, 0.4) is 0 Å². The number of rotatable bonds is 8. The predicted molar refractivity (Wildman–Crippen MR) is 134 cm³/mol. The summed E-state index contributed by atoms with van der Waals surface area (Å²) in [5.41, 5.74) is 4.49. The Kier molecular flexibility index (Phi) is 8.37. The van der Waals surface area contributed by atoms with Crippen molar-refractivity contribution in [2.24, 2.45) is 11.3 Å². The lowest BCUT2D eigenvalue weighted by atomic mass is 9.86. The Morgan fingerprint density at radius 1 is 1.06 bits per heavy atom. The number of hydrogen-bond donors (Lipinski definition) is 1. The summed E-state index contributed by atoms with van der Waals surface area (Å²) in [6.45, 7) is 11.7. The van der Waals surface area contributed by atoms with Crippen LogP contribution in [0.25, 0.3) is 11.1 Å². The monoisotopic (exact) mass is 467 g/mol. The Hall–Kier alpha value is -2.86. The molecule has 1 amide bonds. The van der Waals surface area contributed by atoms with Crippen molar-refractivity contribution in [1.29, 1.82) is 0 Å². The van der Waals surface area contributed by atoms with Gasteiger partial charge in [0, 0.05) is 30.0 Å². The third-order valence-corrected chi connectivity index (χ3v) is 6.38. The van der Waals surface area contributed by atoms with Crippen LogP contribution in [-0.2, 0) is 16.0 Å². The lowest BCUT2D eigenvalue weighted by Crippen LogP contribution is -2.54. The van der Waals surface area contributed by atoms with E-state index >= 15 is 0 Å². The Balaban J connectivity index is 0.00000158. The van der Waals surface area contributed by atoms with E-state index in [1.54, 1.807) is 7.11 Å². The van der Waals surface area contributed by atoms with Gasteiger partial charge in [-0.3, -0.25) is 9.59 Å². The van der Waals surface area contributed by atoms with E-state index in [4.69, 9.17) is 14.2 Å². The summed E-state index contributed by atoms with van der Waals surface area (Å²) in [7, 11) is 1.64. The van der Waals surface area contributed by atoms with E-state index in [2.05, 4.69) is 5.32 Å². The Morgan fingerprint density at radius 3 is 2.38 bits per heavy atom. The predicted octanol–water partition coefficient (Wildman–Crippen LogP) is 4.99. The minimum Gasteiger partial charge on any atom is -0.493 e. The molecule has 1 aliphatic carbocycles. The summed E-state index contributed by atoms with van der Waals surface area (Å²) in [6, 6.07) is 9.92. The maximum Gasteiger partial charge on any atom is 0.222 e. The maximum atomic E-state index is 12.3. The van der Waals surface area contributed by atoms with E-state index in [-0.39, 0.29) is 23.0 Å². The fourth-order valence-corrected chi connectivity index (χ4v) is 4.34. The third-order valence-electron chi connectivity index (χ3n) is 6.38. The number of carbonyl (C=O) groups excluding carboxylic acids is 2. The first-order valence-corrected chi connectivity index (χ1v) is 12.2. The van der Waals surface area contributed by atoms with Gasteiger partial charge in [0.1, 0.15) is 6.61 Å². The molecule has 6 nitrogen and oxygen atoms in total. The number of carbonyl (C=O) groups is 2. The number of fused-ring (bicyclic) bond motifs is 1. The first-order chi connectivity index (χ1) is 16.3. The second-order valence-electron chi connectivity index (χ2n) is 9.20.